The molecule has 0 saturated heterocycles. The van der Waals surface area contributed by atoms with Gasteiger partial charge >= 0.3 is 0 Å². The van der Waals surface area contributed by atoms with Gasteiger partial charge in [-0.2, -0.15) is 0 Å². The lowest BCUT2D eigenvalue weighted by molar-refractivity contribution is 1.18. The average Bonchev–Trinajstić information content (AvgIpc) is 3.74. The van der Waals surface area contributed by atoms with E-state index in [4.69, 9.17) is 4.98 Å². The summed E-state index contributed by atoms with van der Waals surface area (Å²) in [7, 11) is 0. The van der Waals surface area contributed by atoms with E-state index in [1.807, 2.05) is 0 Å². The Kier molecular flexibility index (Phi) is 6.68. The Bertz CT molecular complexity index is 2750. The van der Waals surface area contributed by atoms with Crippen LogP contribution in [0.3, 0.4) is 0 Å². The van der Waals surface area contributed by atoms with Gasteiger partial charge in [0.05, 0.1) is 26.9 Å². The topological polar surface area (TPSA) is 30.7 Å². The Balaban J connectivity index is 1.09. The van der Waals surface area contributed by atoms with Crippen molar-refractivity contribution < 1.29 is 0 Å². The second kappa shape index (κ2) is 11.7. The third-order valence-electron chi connectivity index (χ3n) is 9.73. The molecule has 7 aromatic carbocycles. The van der Waals surface area contributed by atoms with Gasteiger partial charge in [0.15, 0.2) is 0 Å². The summed E-state index contributed by atoms with van der Waals surface area (Å²) in [4.78, 5) is 9.36. The van der Waals surface area contributed by atoms with Crippen molar-refractivity contribution in [3.8, 4) is 50.3 Å². The average molecular weight is 656 g/mol. The maximum Gasteiger partial charge on any atom is 0.116 e. The summed E-state index contributed by atoms with van der Waals surface area (Å²) in [6.45, 7) is 0. The molecule has 0 unspecified atom stereocenters. The van der Waals surface area contributed by atoms with E-state index >= 15 is 0 Å². The lowest BCUT2D eigenvalue weighted by Crippen LogP contribution is -1.94. The van der Waals surface area contributed by atoms with Gasteiger partial charge in [-0.15, -0.1) is 11.3 Å². The van der Waals surface area contributed by atoms with Crippen molar-refractivity contribution >= 4 is 53.4 Å². The third kappa shape index (κ3) is 4.73. The van der Waals surface area contributed by atoms with E-state index in [1.54, 1.807) is 17.7 Å². The Morgan fingerprint density at radius 3 is 1.62 bits per heavy atom. The molecule has 234 valence electrons. The van der Waals surface area contributed by atoms with Crippen molar-refractivity contribution in [3.05, 3.63) is 176 Å². The summed E-state index contributed by atoms with van der Waals surface area (Å²) in [5.74, 6) is 0. The number of aromatic nitrogens is 3. The van der Waals surface area contributed by atoms with Crippen LogP contribution in [-0.4, -0.2) is 14.5 Å². The molecule has 0 radical (unpaired) electrons. The van der Waals surface area contributed by atoms with Gasteiger partial charge in [-0.25, -0.2) is 9.97 Å². The molecule has 10 aromatic rings. The van der Waals surface area contributed by atoms with Gasteiger partial charge in [-0.3, -0.25) is 0 Å². The molecule has 0 amide bonds. The van der Waals surface area contributed by atoms with E-state index < -0.39 is 0 Å². The van der Waals surface area contributed by atoms with Crippen LogP contribution in [0.5, 0.6) is 0 Å². The summed E-state index contributed by atoms with van der Waals surface area (Å²) in [6, 6.07) is 61.1. The first-order valence-corrected chi connectivity index (χ1v) is 17.6. The number of fused-ring (bicyclic) bond motifs is 6. The molecule has 0 aliphatic rings. The molecule has 0 saturated carbocycles. The van der Waals surface area contributed by atoms with Gasteiger partial charge in [-0.1, -0.05) is 127 Å². The van der Waals surface area contributed by atoms with Crippen LogP contribution >= 0.6 is 11.3 Å². The highest BCUT2D eigenvalue weighted by atomic mass is 32.1. The quantitative estimate of drug-likeness (QED) is 0.185. The van der Waals surface area contributed by atoms with E-state index in [0.717, 1.165) is 32.7 Å². The van der Waals surface area contributed by atoms with Crippen LogP contribution < -0.4 is 0 Å². The van der Waals surface area contributed by atoms with Crippen LogP contribution in [0.2, 0.25) is 0 Å². The van der Waals surface area contributed by atoms with Crippen molar-refractivity contribution in [1.29, 1.82) is 0 Å². The molecule has 0 aliphatic heterocycles. The van der Waals surface area contributed by atoms with Crippen LogP contribution in [0.1, 0.15) is 0 Å². The van der Waals surface area contributed by atoms with Crippen LogP contribution in [0, 0.1) is 0 Å². The highest BCUT2D eigenvalue weighted by molar-refractivity contribution is 7.26. The van der Waals surface area contributed by atoms with Gasteiger partial charge in [0.25, 0.3) is 0 Å². The molecular weight excluding hydrogens is 627 g/mol. The predicted octanol–water partition coefficient (Wildman–Crippen LogP) is 12.6. The summed E-state index contributed by atoms with van der Waals surface area (Å²) in [5, 5.41) is 3.67. The minimum absolute atomic E-state index is 0.978. The Labute approximate surface area is 293 Å². The fourth-order valence-electron chi connectivity index (χ4n) is 7.30. The van der Waals surface area contributed by atoms with Gasteiger partial charge in [-0.05, 0) is 75.8 Å². The van der Waals surface area contributed by atoms with Crippen LogP contribution in [-0.2, 0) is 0 Å². The summed E-state index contributed by atoms with van der Waals surface area (Å²) >= 11 is 1.76. The Morgan fingerprint density at radius 2 is 0.940 bits per heavy atom. The van der Waals surface area contributed by atoms with E-state index in [-0.39, 0.29) is 0 Å². The maximum atomic E-state index is 4.73. The van der Waals surface area contributed by atoms with E-state index in [1.165, 1.54) is 59.7 Å². The second-order valence-electron chi connectivity index (χ2n) is 12.7. The lowest BCUT2D eigenvalue weighted by atomic mass is 10.0. The molecule has 0 bridgehead atoms. The number of thiophene rings is 1. The zero-order chi connectivity index (χ0) is 33.0. The molecule has 3 nitrogen and oxygen atoms in total. The van der Waals surface area contributed by atoms with Gasteiger partial charge in [0.1, 0.15) is 6.33 Å². The lowest BCUT2D eigenvalue weighted by Gasteiger charge is -2.11. The number of benzene rings is 7. The van der Waals surface area contributed by atoms with E-state index in [2.05, 4.69) is 179 Å². The van der Waals surface area contributed by atoms with Gasteiger partial charge in [0, 0.05) is 32.1 Å². The van der Waals surface area contributed by atoms with Crippen molar-refractivity contribution in [2.75, 3.05) is 0 Å². The molecule has 50 heavy (non-hydrogen) atoms. The van der Waals surface area contributed by atoms with E-state index in [0.29, 0.717) is 0 Å². The van der Waals surface area contributed by atoms with Crippen LogP contribution in [0.15, 0.2) is 176 Å². The zero-order valence-corrected chi connectivity index (χ0v) is 27.8. The molecule has 0 atom stereocenters. The summed E-state index contributed by atoms with van der Waals surface area (Å²) in [6.07, 6.45) is 1.69. The molecule has 0 spiro atoms. The monoisotopic (exact) mass is 655 g/mol. The number of hydrogen-bond acceptors (Lipinski definition) is 3. The normalized spacial score (nSPS) is 11.6. The molecule has 10 rings (SSSR count). The van der Waals surface area contributed by atoms with Crippen molar-refractivity contribution in [1.82, 2.24) is 14.5 Å². The number of rotatable bonds is 5. The summed E-state index contributed by atoms with van der Waals surface area (Å²) < 4.78 is 4.77. The Hall–Kier alpha value is -6.36. The first-order valence-electron chi connectivity index (χ1n) is 16.8. The Morgan fingerprint density at radius 1 is 0.400 bits per heavy atom. The zero-order valence-electron chi connectivity index (χ0n) is 27.0. The van der Waals surface area contributed by atoms with Crippen LogP contribution in [0.25, 0.3) is 92.4 Å². The molecule has 0 N–H and O–H groups in total. The standard InChI is InChI=1S/C46H29N3S/c1-3-10-30(11-4-1)35-22-24-41-39(27-35)40-28-36(31-12-5-2-6-13-31)23-25-42(40)49(41)37-15-9-14-34(26-37)32-18-20-33(21-19-32)44-46-45(48-29-47-44)38-16-7-8-17-43(38)50-46/h1-29H. The maximum absolute atomic E-state index is 4.73. The van der Waals surface area contributed by atoms with Crippen molar-refractivity contribution in [2.24, 2.45) is 0 Å². The molecular formula is C46H29N3S. The second-order valence-corrected chi connectivity index (χ2v) is 13.7. The molecule has 3 aromatic heterocycles. The predicted molar refractivity (Wildman–Crippen MR) is 211 cm³/mol. The largest absolute Gasteiger partial charge is 0.309 e. The minimum atomic E-state index is 0.978. The fourth-order valence-corrected chi connectivity index (χ4v) is 8.46. The van der Waals surface area contributed by atoms with Crippen LogP contribution in [0.4, 0.5) is 0 Å². The SMILES string of the molecule is c1ccc(-c2ccc3c(c2)c2cc(-c4ccccc4)ccc2n3-c2cccc(-c3ccc(-c4ncnc5c4sc4ccccc45)cc3)c2)cc1. The fraction of sp³-hybridized carbons (Fsp3) is 0. The first-order chi connectivity index (χ1) is 24.8. The van der Waals surface area contributed by atoms with E-state index in [9.17, 15) is 0 Å². The van der Waals surface area contributed by atoms with Gasteiger partial charge < -0.3 is 4.57 Å². The smallest absolute Gasteiger partial charge is 0.116 e. The number of hydrogen-bond donors (Lipinski definition) is 0. The molecule has 0 aliphatic carbocycles. The van der Waals surface area contributed by atoms with Crippen molar-refractivity contribution in [2.45, 2.75) is 0 Å². The minimum Gasteiger partial charge on any atom is -0.309 e. The first kappa shape index (κ1) is 28.6. The number of nitrogens with zero attached hydrogens (tertiary/aromatic N) is 3. The third-order valence-corrected chi connectivity index (χ3v) is 10.9. The van der Waals surface area contributed by atoms with Gasteiger partial charge in [0.2, 0.25) is 0 Å². The highest BCUT2D eigenvalue weighted by Gasteiger charge is 2.16. The molecule has 4 heteroatoms. The molecule has 0 fully saturated rings. The molecule has 3 heterocycles. The summed E-state index contributed by atoms with van der Waals surface area (Å²) in [5.41, 5.74) is 13.8. The van der Waals surface area contributed by atoms with Crippen molar-refractivity contribution in [3.63, 3.8) is 0 Å². The highest BCUT2D eigenvalue weighted by Crippen LogP contribution is 2.40.